The summed E-state index contributed by atoms with van der Waals surface area (Å²) in [6.45, 7) is 1.78. The second-order valence-electron chi connectivity index (χ2n) is 6.97. The molecule has 4 heterocycles. The normalized spacial score (nSPS) is 17.1. The molecule has 6 heteroatoms. The number of aryl methyl sites for hydroxylation is 1. The standard InChI is InChI=1S/C21H21N5O/c1-25-12-16(11-24-25)21-20-18(22-14-23-20)8-9-26(21)13-15-5-2-3-6-17(15)19-7-4-10-27-19/h2-7,10-12,14,21H,8-9,13H2,1H3,(H,22,23). The van der Waals surface area contributed by atoms with E-state index in [1.54, 1.807) is 12.6 Å². The summed E-state index contributed by atoms with van der Waals surface area (Å²) in [7, 11) is 1.95. The van der Waals surface area contributed by atoms with Crippen molar-refractivity contribution in [3.8, 4) is 11.3 Å². The molecule has 0 saturated carbocycles. The van der Waals surface area contributed by atoms with Crippen molar-refractivity contribution in [3.05, 3.63) is 83.9 Å². The third-order valence-corrected chi connectivity index (χ3v) is 5.24. The zero-order chi connectivity index (χ0) is 18.2. The molecule has 1 aliphatic heterocycles. The summed E-state index contributed by atoms with van der Waals surface area (Å²) in [4.78, 5) is 10.4. The molecule has 0 amide bonds. The molecule has 1 aromatic carbocycles. The molecule has 1 atom stereocenters. The number of fused-ring (bicyclic) bond motifs is 1. The first kappa shape index (κ1) is 16.1. The van der Waals surface area contributed by atoms with Crippen molar-refractivity contribution in [2.24, 2.45) is 7.05 Å². The molecular formula is C21H21N5O. The van der Waals surface area contributed by atoms with Crippen LogP contribution >= 0.6 is 0 Å². The maximum absolute atomic E-state index is 5.66. The molecule has 0 spiro atoms. The van der Waals surface area contributed by atoms with Gasteiger partial charge in [0.25, 0.3) is 0 Å². The fraction of sp³-hybridized carbons (Fsp3) is 0.238. The van der Waals surface area contributed by atoms with Crippen molar-refractivity contribution in [1.82, 2.24) is 24.6 Å². The summed E-state index contributed by atoms with van der Waals surface area (Å²) in [5.41, 5.74) is 5.88. The molecule has 0 bridgehead atoms. The second kappa shape index (κ2) is 6.55. The van der Waals surface area contributed by atoms with Crippen LogP contribution in [0, 0.1) is 0 Å². The monoisotopic (exact) mass is 359 g/mol. The summed E-state index contributed by atoms with van der Waals surface area (Å²) in [6, 6.07) is 12.5. The number of aromatic amines is 1. The van der Waals surface area contributed by atoms with Crippen LogP contribution < -0.4 is 0 Å². The van der Waals surface area contributed by atoms with Gasteiger partial charge in [-0.3, -0.25) is 9.58 Å². The van der Waals surface area contributed by atoms with E-state index in [4.69, 9.17) is 4.42 Å². The zero-order valence-corrected chi connectivity index (χ0v) is 15.2. The van der Waals surface area contributed by atoms with Gasteiger partial charge >= 0.3 is 0 Å². The van der Waals surface area contributed by atoms with Gasteiger partial charge in [0, 0.05) is 49.6 Å². The molecule has 6 nitrogen and oxygen atoms in total. The number of hydrogen-bond acceptors (Lipinski definition) is 4. The minimum absolute atomic E-state index is 0.0957. The number of benzene rings is 1. The Labute approximate surface area is 157 Å². The maximum Gasteiger partial charge on any atom is 0.134 e. The Morgan fingerprint density at radius 2 is 2.15 bits per heavy atom. The van der Waals surface area contributed by atoms with Crippen LogP contribution in [-0.2, 0) is 20.0 Å². The first-order chi connectivity index (χ1) is 13.3. The Balaban J connectivity index is 1.53. The number of hydrogen-bond donors (Lipinski definition) is 1. The minimum atomic E-state index is 0.0957. The van der Waals surface area contributed by atoms with Crippen LogP contribution in [0.5, 0.6) is 0 Å². The average Bonchev–Trinajstić information content (AvgIpc) is 3.43. The van der Waals surface area contributed by atoms with Crippen LogP contribution in [0.4, 0.5) is 0 Å². The van der Waals surface area contributed by atoms with Crippen molar-refractivity contribution in [1.29, 1.82) is 0 Å². The van der Waals surface area contributed by atoms with E-state index in [1.165, 1.54) is 16.8 Å². The quantitative estimate of drug-likeness (QED) is 0.605. The number of nitrogens with zero attached hydrogens (tertiary/aromatic N) is 4. The SMILES string of the molecule is Cn1cc(C2c3nc[nH]c3CCN2Cc2ccccc2-c2ccco2)cn1. The van der Waals surface area contributed by atoms with Crippen molar-refractivity contribution in [2.75, 3.05) is 6.54 Å². The van der Waals surface area contributed by atoms with Gasteiger partial charge in [-0.2, -0.15) is 5.10 Å². The summed E-state index contributed by atoms with van der Waals surface area (Å²) in [6.07, 6.45) is 8.52. The summed E-state index contributed by atoms with van der Waals surface area (Å²) in [5.74, 6) is 0.904. The third kappa shape index (κ3) is 2.88. The highest BCUT2D eigenvalue weighted by molar-refractivity contribution is 5.62. The molecule has 0 fully saturated rings. The molecule has 0 radical (unpaired) electrons. The molecule has 136 valence electrons. The summed E-state index contributed by atoms with van der Waals surface area (Å²) < 4.78 is 7.51. The molecule has 4 aromatic rings. The summed E-state index contributed by atoms with van der Waals surface area (Å²) >= 11 is 0. The molecule has 1 unspecified atom stereocenters. The lowest BCUT2D eigenvalue weighted by Crippen LogP contribution is -2.35. The topological polar surface area (TPSA) is 62.9 Å². The molecule has 3 aromatic heterocycles. The highest BCUT2D eigenvalue weighted by atomic mass is 16.3. The van der Waals surface area contributed by atoms with Crippen LogP contribution in [-0.4, -0.2) is 31.2 Å². The van der Waals surface area contributed by atoms with Crippen molar-refractivity contribution in [2.45, 2.75) is 19.0 Å². The number of nitrogens with one attached hydrogen (secondary N) is 1. The molecule has 5 rings (SSSR count). The predicted molar refractivity (Wildman–Crippen MR) is 102 cm³/mol. The van der Waals surface area contributed by atoms with Crippen LogP contribution in [0.3, 0.4) is 0 Å². The Bertz CT molecular complexity index is 1050. The van der Waals surface area contributed by atoms with Gasteiger partial charge in [0.05, 0.1) is 30.5 Å². The molecular weight excluding hydrogens is 338 g/mol. The zero-order valence-electron chi connectivity index (χ0n) is 15.2. The Hall–Kier alpha value is -3.12. The lowest BCUT2D eigenvalue weighted by atomic mass is 9.96. The van der Waals surface area contributed by atoms with Gasteiger partial charge in [-0.1, -0.05) is 24.3 Å². The lowest BCUT2D eigenvalue weighted by molar-refractivity contribution is 0.200. The number of H-pyrrole nitrogens is 1. The molecule has 1 aliphatic rings. The lowest BCUT2D eigenvalue weighted by Gasteiger charge is -2.34. The van der Waals surface area contributed by atoms with Crippen molar-refractivity contribution >= 4 is 0 Å². The van der Waals surface area contributed by atoms with Crippen LogP contribution in [0.1, 0.15) is 28.6 Å². The average molecular weight is 359 g/mol. The number of furan rings is 1. The van der Waals surface area contributed by atoms with Gasteiger partial charge in [0.1, 0.15) is 5.76 Å². The Morgan fingerprint density at radius 3 is 2.96 bits per heavy atom. The van der Waals surface area contributed by atoms with E-state index in [0.717, 1.165) is 36.5 Å². The minimum Gasteiger partial charge on any atom is -0.464 e. The molecule has 0 saturated heterocycles. The smallest absolute Gasteiger partial charge is 0.134 e. The van der Waals surface area contributed by atoms with E-state index in [1.807, 2.05) is 30.1 Å². The first-order valence-electron chi connectivity index (χ1n) is 9.16. The number of rotatable bonds is 4. The van der Waals surface area contributed by atoms with E-state index in [9.17, 15) is 0 Å². The third-order valence-electron chi connectivity index (χ3n) is 5.24. The molecule has 1 N–H and O–H groups in total. The van der Waals surface area contributed by atoms with Gasteiger partial charge in [-0.05, 0) is 17.7 Å². The van der Waals surface area contributed by atoms with Crippen molar-refractivity contribution in [3.63, 3.8) is 0 Å². The number of aromatic nitrogens is 4. The molecule has 27 heavy (non-hydrogen) atoms. The van der Waals surface area contributed by atoms with E-state index < -0.39 is 0 Å². The Morgan fingerprint density at radius 1 is 1.22 bits per heavy atom. The van der Waals surface area contributed by atoms with Crippen LogP contribution in [0.2, 0.25) is 0 Å². The predicted octanol–water partition coefficient (Wildman–Crippen LogP) is 3.55. The Kier molecular flexibility index (Phi) is 3.90. The highest BCUT2D eigenvalue weighted by Crippen LogP contribution is 2.35. The number of imidazole rings is 1. The summed E-state index contributed by atoms with van der Waals surface area (Å²) in [5, 5.41) is 4.39. The maximum atomic E-state index is 5.66. The second-order valence-corrected chi connectivity index (χ2v) is 6.97. The fourth-order valence-electron chi connectivity index (χ4n) is 3.99. The van der Waals surface area contributed by atoms with E-state index in [2.05, 4.69) is 50.4 Å². The van der Waals surface area contributed by atoms with Crippen molar-refractivity contribution < 1.29 is 4.42 Å². The first-order valence-corrected chi connectivity index (χ1v) is 9.16. The van der Waals surface area contributed by atoms with Gasteiger partial charge in [0.15, 0.2) is 0 Å². The largest absolute Gasteiger partial charge is 0.464 e. The van der Waals surface area contributed by atoms with Gasteiger partial charge in [-0.25, -0.2) is 4.98 Å². The van der Waals surface area contributed by atoms with Crippen LogP contribution in [0.25, 0.3) is 11.3 Å². The highest BCUT2D eigenvalue weighted by Gasteiger charge is 2.32. The van der Waals surface area contributed by atoms with Gasteiger partial charge in [0.2, 0.25) is 0 Å². The fourth-order valence-corrected chi connectivity index (χ4v) is 3.99. The van der Waals surface area contributed by atoms with E-state index in [0.29, 0.717) is 0 Å². The van der Waals surface area contributed by atoms with E-state index in [-0.39, 0.29) is 6.04 Å². The molecule has 0 aliphatic carbocycles. The van der Waals surface area contributed by atoms with Crippen LogP contribution in [0.15, 0.2) is 65.8 Å². The van der Waals surface area contributed by atoms with Gasteiger partial charge < -0.3 is 9.40 Å². The van der Waals surface area contributed by atoms with Gasteiger partial charge in [-0.15, -0.1) is 0 Å². The van der Waals surface area contributed by atoms with E-state index >= 15 is 0 Å².